The summed E-state index contributed by atoms with van der Waals surface area (Å²) in [7, 11) is 0. The number of hydrogen-bond acceptors (Lipinski definition) is 1. The van der Waals surface area contributed by atoms with Gasteiger partial charge in [-0.1, -0.05) is 28.8 Å². The summed E-state index contributed by atoms with van der Waals surface area (Å²) in [5.41, 5.74) is 0.636. The van der Waals surface area contributed by atoms with E-state index in [2.05, 4.69) is 21.2 Å². The van der Waals surface area contributed by atoms with Gasteiger partial charge in [-0.2, -0.15) is 13.2 Å². The van der Waals surface area contributed by atoms with Gasteiger partial charge in [-0.15, -0.1) is 0 Å². The molecule has 0 aromatic heterocycles. The highest BCUT2D eigenvalue weighted by Crippen LogP contribution is 2.37. The fourth-order valence-electron chi connectivity index (χ4n) is 2.69. The van der Waals surface area contributed by atoms with Gasteiger partial charge in [0.2, 0.25) is 0 Å². The largest absolute Gasteiger partial charge is 0.393 e. The standard InChI is InChI=1S/C14H16BrF4N/c15-12-6-5-10(16)7-9(12)8-20-13-4-2-1-3-11(13)14(17,18)19/h5-7,11,13,20H,1-4,8H2. The summed E-state index contributed by atoms with van der Waals surface area (Å²) in [4.78, 5) is 0. The van der Waals surface area contributed by atoms with Gasteiger partial charge in [0.25, 0.3) is 0 Å². The molecular formula is C14H16BrF4N. The van der Waals surface area contributed by atoms with Crippen LogP contribution in [0.15, 0.2) is 22.7 Å². The topological polar surface area (TPSA) is 12.0 Å². The smallest absolute Gasteiger partial charge is 0.309 e. The number of benzene rings is 1. The first-order chi connectivity index (χ1) is 9.38. The highest BCUT2D eigenvalue weighted by atomic mass is 79.9. The minimum atomic E-state index is -4.17. The fraction of sp³-hybridized carbons (Fsp3) is 0.571. The first kappa shape index (κ1) is 15.8. The minimum Gasteiger partial charge on any atom is -0.309 e. The molecule has 0 heterocycles. The molecule has 0 amide bonds. The molecule has 1 aromatic carbocycles. The summed E-state index contributed by atoms with van der Waals surface area (Å²) in [6, 6.07) is 3.63. The van der Waals surface area contributed by atoms with Gasteiger partial charge < -0.3 is 5.32 Å². The molecule has 0 bridgehead atoms. The molecule has 1 aromatic rings. The molecule has 1 fully saturated rings. The van der Waals surface area contributed by atoms with E-state index in [0.29, 0.717) is 22.9 Å². The lowest BCUT2D eigenvalue weighted by Gasteiger charge is -2.33. The van der Waals surface area contributed by atoms with Crippen LogP contribution in [0.5, 0.6) is 0 Å². The van der Waals surface area contributed by atoms with Crippen molar-refractivity contribution in [2.24, 2.45) is 5.92 Å². The van der Waals surface area contributed by atoms with Crippen molar-refractivity contribution in [1.82, 2.24) is 5.32 Å². The fourth-order valence-corrected chi connectivity index (χ4v) is 3.07. The summed E-state index contributed by atoms with van der Waals surface area (Å²) in [5.74, 6) is -1.69. The second-order valence-corrected chi connectivity index (χ2v) is 6.01. The molecule has 2 atom stereocenters. The second kappa shape index (κ2) is 6.43. The normalized spacial score (nSPS) is 23.9. The van der Waals surface area contributed by atoms with E-state index >= 15 is 0 Å². The van der Waals surface area contributed by atoms with E-state index in [1.807, 2.05) is 0 Å². The Labute approximate surface area is 123 Å². The molecule has 1 aliphatic rings. The van der Waals surface area contributed by atoms with Crippen LogP contribution in [0.4, 0.5) is 17.6 Å². The Bertz CT molecular complexity index is 461. The predicted molar refractivity (Wildman–Crippen MR) is 72.7 cm³/mol. The van der Waals surface area contributed by atoms with Gasteiger partial charge >= 0.3 is 6.18 Å². The van der Waals surface area contributed by atoms with Gasteiger partial charge in [0, 0.05) is 17.1 Å². The van der Waals surface area contributed by atoms with Crippen LogP contribution < -0.4 is 5.32 Å². The number of nitrogens with one attached hydrogen (secondary N) is 1. The maximum atomic E-state index is 13.2. The maximum absolute atomic E-state index is 13.2. The Morgan fingerprint density at radius 1 is 1.20 bits per heavy atom. The second-order valence-electron chi connectivity index (χ2n) is 5.16. The van der Waals surface area contributed by atoms with Gasteiger partial charge in [0.05, 0.1) is 5.92 Å². The molecule has 112 valence electrons. The third kappa shape index (κ3) is 3.95. The van der Waals surface area contributed by atoms with Crippen molar-refractivity contribution in [3.8, 4) is 0 Å². The number of alkyl halides is 3. The van der Waals surface area contributed by atoms with Crippen LogP contribution in [-0.4, -0.2) is 12.2 Å². The molecule has 6 heteroatoms. The van der Waals surface area contributed by atoms with Crippen molar-refractivity contribution in [2.75, 3.05) is 0 Å². The van der Waals surface area contributed by atoms with Gasteiger partial charge in [0.15, 0.2) is 0 Å². The molecule has 20 heavy (non-hydrogen) atoms. The molecule has 2 rings (SSSR count). The summed E-state index contributed by atoms with van der Waals surface area (Å²) in [5, 5.41) is 2.95. The van der Waals surface area contributed by atoms with E-state index in [0.717, 1.165) is 6.42 Å². The molecule has 1 aliphatic carbocycles. The van der Waals surface area contributed by atoms with Crippen LogP contribution in [-0.2, 0) is 6.54 Å². The van der Waals surface area contributed by atoms with Crippen LogP contribution >= 0.6 is 15.9 Å². The van der Waals surface area contributed by atoms with Gasteiger partial charge in [-0.3, -0.25) is 0 Å². The third-order valence-electron chi connectivity index (χ3n) is 3.75. The first-order valence-electron chi connectivity index (χ1n) is 6.62. The molecule has 2 unspecified atom stereocenters. The van der Waals surface area contributed by atoms with Gasteiger partial charge in [0.1, 0.15) is 5.82 Å². The van der Waals surface area contributed by atoms with Crippen molar-refractivity contribution in [3.63, 3.8) is 0 Å². The zero-order valence-corrected chi connectivity index (χ0v) is 12.4. The average Bonchev–Trinajstić information content (AvgIpc) is 2.39. The quantitative estimate of drug-likeness (QED) is 0.769. The molecule has 0 radical (unpaired) electrons. The summed E-state index contributed by atoms with van der Waals surface area (Å²) < 4.78 is 52.7. The van der Waals surface area contributed by atoms with E-state index in [9.17, 15) is 17.6 Å². The lowest BCUT2D eigenvalue weighted by atomic mass is 9.84. The van der Waals surface area contributed by atoms with Crippen LogP contribution in [0.2, 0.25) is 0 Å². The maximum Gasteiger partial charge on any atom is 0.393 e. The van der Waals surface area contributed by atoms with E-state index in [1.165, 1.54) is 12.1 Å². The van der Waals surface area contributed by atoms with E-state index in [4.69, 9.17) is 0 Å². The van der Waals surface area contributed by atoms with E-state index in [-0.39, 0.29) is 18.8 Å². The molecule has 1 saturated carbocycles. The number of hydrogen-bond donors (Lipinski definition) is 1. The Kier molecular flexibility index (Phi) is 5.07. The highest BCUT2D eigenvalue weighted by Gasteiger charge is 2.45. The van der Waals surface area contributed by atoms with Gasteiger partial charge in [-0.25, -0.2) is 4.39 Å². The lowest BCUT2D eigenvalue weighted by molar-refractivity contribution is -0.189. The van der Waals surface area contributed by atoms with Crippen molar-refractivity contribution >= 4 is 15.9 Å². The minimum absolute atomic E-state index is 0.172. The van der Waals surface area contributed by atoms with E-state index in [1.54, 1.807) is 6.07 Å². The van der Waals surface area contributed by atoms with Crippen LogP contribution in [0, 0.1) is 11.7 Å². The molecule has 0 saturated heterocycles. The number of rotatable bonds is 3. The van der Waals surface area contributed by atoms with Gasteiger partial charge in [-0.05, 0) is 36.6 Å². The van der Waals surface area contributed by atoms with Crippen molar-refractivity contribution in [3.05, 3.63) is 34.1 Å². The summed E-state index contributed by atoms with van der Waals surface area (Å²) >= 11 is 3.28. The first-order valence-corrected chi connectivity index (χ1v) is 7.41. The Morgan fingerprint density at radius 3 is 2.60 bits per heavy atom. The zero-order valence-electron chi connectivity index (χ0n) is 10.8. The summed E-state index contributed by atoms with van der Waals surface area (Å²) in [6.07, 6.45) is -2.07. The molecule has 1 N–H and O–H groups in total. The SMILES string of the molecule is Fc1ccc(Br)c(CNC2CCCCC2C(F)(F)F)c1. The van der Waals surface area contributed by atoms with Crippen LogP contribution in [0.25, 0.3) is 0 Å². The Balaban J connectivity index is 2.03. The van der Waals surface area contributed by atoms with Crippen molar-refractivity contribution in [2.45, 2.75) is 44.4 Å². The lowest BCUT2D eigenvalue weighted by Crippen LogP contribution is -2.45. The average molecular weight is 354 g/mol. The van der Waals surface area contributed by atoms with E-state index < -0.39 is 18.1 Å². The Morgan fingerprint density at radius 2 is 1.90 bits per heavy atom. The highest BCUT2D eigenvalue weighted by molar-refractivity contribution is 9.10. The molecular weight excluding hydrogens is 338 g/mol. The van der Waals surface area contributed by atoms with Crippen LogP contribution in [0.3, 0.4) is 0 Å². The molecule has 1 nitrogen and oxygen atoms in total. The monoisotopic (exact) mass is 353 g/mol. The molecule has 0 aliphatic heterocycles. The third-order valence-corrected chi connectivity index (χ3v) is 4.52. The molecule has 0 spiro atoms. The van der Waals surface area contributed by atoms with Crippen molar-refractivity contribution in [1.29, 1.82) is 0 Å². The predicted octanol–water partition coefficient (Wildman–Crippen LogP) is 4.80. The van der Waals surface area contributed by atoms with Crippen LogP contribution in [0.1, 0.15) is 31.2 Å². The summed E-state index contributed by atoms with van der Waals surface area (Å²) in [6.45, 7) is 0.232. The Hall–Kier alpha value is -0.620. The zero-order chi connectivity index (χ0) is 14.8. The van der Waals surface area contributed by atoms with Crippen molar-refractivity contribution < 1.29 is 17.6 Å². The number of halogens is 5.